The lowest BCUT2D eigenvalue weighted by molar-refractivity contribution is 0.632. The van der Waals surface area contributed by atoms with E-state index in [0.717, 1.165) is 18.0 Å². The first-order chi connectivity index (χ1) is 7.81. The fourth-order valence-electron chi connectivity index (χ4n) is 1.76. The highest BCUT2D eigenvalue weighted by molar-refractivity contribution is 7.80. The Balaban J connectivity index is 3.12. The maximum absolute atomic E-state index is 5.30. The van der Waals surface area contributed by atoms with E-state index in [9.17, 15) is 0 Å². The van der Waals surface area contributed by atoms with Gasteiger partial charge < -0.3 is 5.32 Å². The first kappa shape index (κ1) is 15.9. The molecule has 0 spiro atoms. The molecule has 1 N–H and O–H groups in total. The van der Waals surface area contributed by atoms with Crippen LogP contribution in [0, 0.1) is 0 Å². The van der Waals surface area contributed by atoms with Gasteiger partial charge >= 0.3 is 0 Å². The lowest BCUT2D eigenvalue weighted by Gasteiger charge is -2.07. The van der Waals surface area contributed by atoms with E-state index in [-0.39, 0.29) is 0 Å². The molecule has 0 rings (SSSR count). The van der Waals surface area contributed by atoms with Crippen molar-refractivity contribution in [1.82, 2.24) is 5.32 Å². The van der Waals surface area contributed by atoms with Crippen molar-refractivity contribution < 1.29 is 0 Å². The molecule has 0 amide bonds. The summed E-state index contributed by atoms with van der Waals surface area (Å²) in [6.45, 7) is 5.57. The van der Waals surface area contributed by atoms with Gasteiger partial charge in [0.25, 0.3) is 0 Å². The number of thiocarbonyl (C=S) groups is 1. The molecule has 0 unspecified atom stereocenters. The second-order valence-electron chi connectivity index (χ2n) is 4.57. The third-order valence-electron chi connectivity index (χ3n) is 2.86. The topological polar surface area (TPSA) is 12.0 Å². The highest BCUT2D eigenvalue weighted by Gasteiger charge is 1.96. The molecule has 2 heteroatoms. The third kappa shape index (κ3) is 12.0. The van der Waals surface area contributed by atoms with Crippen LogP contribution < -0.4 is 5.32 Å². The van der Waals surface area contributed by atoms with Crippen molar-refractivity contribution in [1.29, 1.82) is 0 Å². The van der Waals surface area contributed by atoms with E-state index < -0.39 is 0 Å². The largest absolute Gasteiger partial charge is 0.380 e. The molecule has 0 saturated heterocycles. The molecule has 0 aliphatic rings. The zero-order valence-electron chi connectivity index (χ0n) is 11.2. The maximum Gasteiger partial charge on any atom is 0.0753 e. The summed E-state index contributed by atoms with van der Waals surface area (Å²) in [6.07, 6.45) is 13.0. The smallest absolute Gasteiger partial charge is 0.0753 e. The van der Waals surface area contributed by atoms with Crippen LogP contribution >= 0.6 is 12.2 Å². The van der Waals surface area contributed by atoms with Crippen molar-refractivity contribution in [3.63, 3.8) is 0 Å². The van der Waals surface area contributed by atoms with Crippen LogP contribution in [0.25, 0.3) is 0 Å². The molecule has 0 aliphatic heterocycles. The van der Waals surface area contributed by atoms with E-state index in [2.05, 4.69) is 19.2 Å². The Bertz CT molecular complexity index is 141. The number of nitrogens with one attached hydrogen (secondary N) is 1. The van der Waals surface area contributed by atoms with Crippen molar-refractivity contribution >= 4 is 17.2 Å². The normalized spacial score (nSPS) is 10.4. The maximum atomic E-state index is 5.30. The van der Waals surface area contributed by atoms with Gasteiger partial charge in [0.1, 0.15) is 0 Å². The fourth-order valence-corrected chi connectivity index (χ4v) is 2.00. The lowest BCUT2D eigenvalue weighted by atomic mass is 10.1. The van der Waals surface area contributed by atoms with Gasteiger partial charge in [0.15, 0.2) is 0 Å². The molecule has 16 heavy (non-hydrogen) atoms. The minimum Gasteiger partial charge on any atom is -0.380 e. The van der Waals surface area contributed by atoms with Gasteiger partial charge in [-0.2, -0.15) is 0 Å². The van der Waals surface area contributed by atoms with Gasteiger partial charge in [-0.15, -0.1) is 0 Å². The zero-order chi connectivity index (χ0) is 12.1. The Morgan fingerprint density at radius 2 is 1.38 bits per heavy atom. The van der Waals surface area contributed by atoms with Crippen molar-refractivity contribution in [2.75, 3.05) is 6.54 Å². The predicted octanol–water partition coefficient (Wildman–Crippen LogP) is 4.84. The van der Waals surface area contributed by atoms with Crippen molar-refractivity contribution in [2.45, 2.75) is 78.1 Å². The van der Waals surface area contributed by atoms with Crippen LogP contribution in [0.1, 0.15) is 78.1 Å². The first-order valence-corrected chi connectivity index (χ1v) is 7.48. The molecule has 0 heterocycles. The van der Waals surface area contributed by atoms with Gasteiger partial charge in [0.05, 0.1) is 4.99 Å². The van der Waals surface area contributed by atoms with E-state index in [1.807, 2.05) is 0 Å². The summed E-state index contributed by atoms with van der Waals surface area (Å²) < 4.78 is 0. The monoisotopic (exact) mass is 243 g/mol. The van der Waals surface area contributed by atoms with E-state index in [1.165, 1.54) is 57.8 Å². The zero-order valence-corrected chi connectivity index (χ0v) is 12.0. The molecule has 0 aromatic heterocycles. The van der Waals surface area contributed by atoms with Crippen LogP contribution in [-0.2, 0) is 0 Å². The second kappa shape index (κ2) is 13.0. The summed E-state index contributed by atoms with van der Waals surface area (Å²) in [7, 11) is 0. The second-order valence-corrected chi connectivity index (χ2v) is 5.07. The quantitative estimate of drug-likeness (QED) is 0.411. The van der Waals surface area contributed by atoms with E-state index in [4.69, 9.17) is 12.2 Å². The standard InChI is InChI=1S/C14H29NS/c1-3-5-7-9-10-12-14(16)15-13-11-8-6-4-2/h3-13H2,1-2H3,(H,15,16). The molecule has 0 saturated carbocycles. The van der Waals surface area contributed by atoms with Gasteiger partial charge in [0, 0.05) is 6.54 Å². The highest BCUT2D eigenvalue weighted by atomic mass is 32.1. The minimum absolute atomic E-state index is 1.08. The van der Waals surface area contributed by atoms with Crippen LogP contribution in [-0.4, -0.2) is 11.5 Å². The number of unbranched alkanes of at least 4 members (excludes halogenated alkanes) is 7. The molecule has 0 aromatic carbocycles. The van der Waals surface area contributed by atoms with Crippen LogP contribution in [0.15, 0.2) is 0 Å². The fraction of sp³-hybridized carbons (Fsp3) is 0.929. The summed E-state index contributed by atoms with van der Waals surface area (Å²) in [4.78, 5) is 1.08. The van der Waals surface area contributed by atoms with Crippen LogP contribution in [0.4, 0.5) is 0 Å². The molecule has 96 valence electrons. The van der Waals surface area contributed by atoms with Gasteiger partial charge in [-0.25, -0.2) is 0 Å². The predicted molar refractivity (Wildman–Crippen MR) is 78.1 cm³/mol. The molecular weight excluding hydrogens is 214 g/mol. The van der Waals surface area contributed by atoms with E-state index in [0.29, 0.717) is 0 Å². The van der Waals surface area contributed by atoms with Crippen molar-refractivity contribution in [3.8, 4) is 0 Å². The number of hydrogen-bond donors (Lipinski definition) is 1. The third-order valence-corrected chi connectivity index (χ3v) is 3.21. The molecule has 0 atom stereocenters. The van der Waals surface area contributed by atoms with Crippen molar-refractivity contribution in [2.24, 2.45) is 0 Å². The molecule has 0 radical (unpaired) electrons. The summed E-state index contributed by atoms with van der Waals surface area (Å²) in [5.41, 5.74) is 0. The van der Waals surface area contributed by atoms with Gasteiger partial charge in [-0.1, -0.05) is 71.0 Å². The van der Waals surface area contributed by atoms with Crippen molar-refractivity contribution in [3.05, 3.63) is 0 Å². The number of hydrogen-bond acceptors (Lipinski definition) is 1. The summed E-state index contributed by atoms with van der Waals surface area (Å²) in [6, 6.07) is 0. The Hall–Kier alpha value is -0.110. The van der Waals surface area contributed by atoms with Crippen LogP contribution in [0.2, 0.25) is 0 Å². The minimum atomic E-state index is 1.08. The summed E-state index contributed by atoms with van der Waals surface area (Å²) in [5, 5.41) is 3.36. The summed E-state index contributed by atoms with van der Waals surface area (Å²) in [5.74, 6) is 0. The Morgan fingerprint density at radius 3 is 2.00 bits per heavy atom. The van der Waals surface area contributed by atoms with E-state index >= 15 is 0 Å². The Morgan fingerprint density at radius 1 is 0.812 bits per heavy atom. The Labute approximate surface area is 107 Å². The highest BCUT2D eigenvalue weighted by Crippen LogP contribution is 2.05. The molecule has 1 nitrogen and oxygen atoms in total. The average Bonchev–Trinajstić information content (AvgIpc) is 2.28. The first-order valence-electron chi connectivity index (χ1n) is 7.08. The molecule has 0 aromatic rings. The summed E-state index contributed by atoms with van der Waals surface area (Å²) >= 11 is 5.30. The lowest BCUT2D eigenvalue weighted by Crippen LogP contribution is -2.22. The average molecular weight is 243 g/mol. The molecular formula is C14H29NS. The SMILES string of the molecule is CCCCCCCC(=S)NCCCCCC. The van der Waals surface area contributed by atoms with Gasteiger partial charge in [-0.3, -0.25) is 0 Å². The Kier molecular flexibility index (Phi) is 12.9. The van der Waals surface area contributed by atoms with Gasteiger partial charge in [-0.05, 0) is 19.3 Å². The molecule has 0 bridgehead atoms. The molecule has 0 aliphatic carbocycles. The number of rotatable bonds is 11. The van der Waals surface area contributed by atoms with Crippen LogP contribution in [0.3, 0.4) is 0 Å². The van der Waals surface area contributed by atoms with Crippen LogP contribution in [0.5, 0.6) is 0 Å². The molecule has 0 fully saturated rings. The van der Waals surface area contributed by atoms with E-state index in [1.54, 1.807) is 0 Å². The van der Waals surface area contributed by atoms with Gasteiger partial charge in [0.2, 0.25) is 0 Å².